The van der Waals surface area contributed by atoms with E-state index in [1.54, 1.807) is 6.07 Å². The Morgan fingerprint density at radius 3 is 2.77 bits per heavy atom. The van der Waals surface area contributed by atoms with Crippen molar-refractivity contribution < 1.29 is 9.18 Å². The van der Waals surface area contributed by atoms with Crippen LogP contribution >= 0.6 is 11.6 Å². The number of hydrogen-bond donors (Lipinski definition) is 1. The normalized spacial score (nSPS) is 15.9. The molecule has 1 fully saturated rings. The van der Waals surface area contributed by atoms with Gasteiger partial charge in [-0.1, -0.05) is 37.4 Å². The summed E-state index contributed by atoms with van der Waals surface area (Å²) in [5.41, 5.74) is 3.85. The molecule has 168 valence electrons. The summed E-state index contributed by atoms with van der Waals surface area (Å²) in [5.74, 6) is 0.00432. The van der Waals surface area contributed by atoms with E-state index in [1.165, 1.54) is 6.07 Å². The zero-order chi connectivity index (χ0) is 22.4. The molecule has 3 rings (SSSR count). The van der Waals surface area contributed by atoms with Crippen molar-refractivity contribution in [2.24, 2.45) is 0 Å². The molecule has 0 unspecified atom stereocenters. The lowest BCUT2D eigenvalue weighted by molar-refractivity contribution is -0.130. The topological polar surface area (TPSA) is 35.6 Å². The Hall–Kier alpha value is -2.27. The van der Waals surface area contributed by atoms with Gasteiger partial charge in [0, 0.05) is 44.8 Å². The van der Waals surface area contributed by atoms with E-state index in [1.807, 2.05) is 43.1 Å². The molecule has 0 spiro atoms. The maximum absolute atomic E-state index is 14.0. The van der Waals surface area contributed by atoms with Crippen LogP contribution in [0.5, 0.6) is 0 Å². The number of benzene rings is 2. The second kappa shape index (κ2) is 10.9. The molecule has 1 amide bonds. The minimum absolute atomic E-state index is 0.161. The molecule has 0 radical (unpaired) electrons. The maximum atomic E-state index is 14.0. The van der Waals surface area contributed by atoms with E-state index in [4.69, 9.17) is 11.6 Å². The van der Waals surface area contributed by atoms with Gasteiger partial charge in [0.2, 0.25) is 5.91 Å². The molecule has 4 nitrogen and oxygen atoms in total. The van der Waals surface area contributed by atoms with E-state index in [0.29, 0.717) is 24.5 Å². The van der Waals surface area contributed by atoms with Crippen LogP contribution in [0.3, 0.4) is 0 Å². The van der Waals surface area contributed by atoms with Gasteiger partial charge < -0.3 is 15.1 Å². The van der Waals surface area contributed by atoms with Gasteiger partial charge in [-0.2, -0.15) is 0 Å². The summed E-state index contributed by atoms with van der Waals surface area (Å²) < 4.78 is 14.0. The van der Waals surface area contributed by atoms with Crippen molar-refractivity contribution >= 4 is 28.9 Å². The molecular formula is C25H33ClFN3O. The highest BCUT2D eigenvalue weighted by atomic mass is 35.5. The number of aryl methyl sites for hydroxylation is 1. The minimum atomic E-state index is -0.233. The van der Waals surface area contributed by atoms with Gasteiger partial charge in [0.15, 0.2) is 0 Å². The number of amides is 1. The van der Waals surface area contributed by atoms with Crippen molar-refractivity contribution in [3.05, 3.63) is 58.4 Å². The molecule has 31 heavy (non-hydrogen) atoms. The average molecular weight is 446 g/mol. The lowest BCUT2D eigenvalue weighted by Gasteiger charge is -2.32. The van der Waals surface area contributed by atoms with E-state index in [0.717, 1.165) is 54.7 Å². The van der Waals surface area contributed by atoms with Crippen LogP contribution in [0.4, 0.5) is 15.8 Å². The lowest BCUT2D eigenvalue weighted by Crippen LogP contribution is -2.38. The molecule has 2 aromatic rings. The SMILES string of the molecule is CCCCCC(=O)N1CC[C@H](N(Cc2cc(F)ccc2C)c2ccc(NC)c(Cl)c2)C1. The van der Waals surface area contributed by atoms with Crippen LogP contribution < -0.4 is 10.2 Å². The smallest absolute Gasteiger partial charge is 0.222 e. The van der Waals surface area contributed by atoms with Crippen LogP contribution in [0.15, 0.2) is 36.4 Å². The number of nitrogens with one attached hydrogen (secondary N) is 1. The summed E-state index contributed by atoms with van der Waals surface area (Å²) in [4.78, 5) is 16.9. The number of likely N-dealkylation sites (tertiary alicyclic amines) is 1. The van der Waals surface area contributed by atoms with Crippen molar-refractivity contribution in [3.63, 3.8) is 0 Å². The Morgan fingerprint density at radius 2 is 2.06 bits per heavy atom. The van der Waals surface area contributed by atoms with Crippen LogP contribution in [-0.4, -0.2) is 37.0 Å². The van der Waals surface area contributed by atoms with Gasteiger partial charge in [-0.15, -0.1) is 0 Å². The predicted molar refractivity (Wildman–Crippen MR) is 127 cm³/mol. The molecule has 1 atom stereocenters. The van der Waals surface area contributed by atoms with E-state index < -0.39 is 0 Å². The van der Waals surface area contributed by atoms with Gasteiger partial charge >= 0.3 is 0 Å². The summed E-state index contributed by atoms with van der Waals surface area (Å²) in [6, 6.07) is 11.0. The largest absolute Gasteiger partial charge is 0.387 e. The molecule has 0 aromatic heterocycles. The van der Waals surface area contributed by atoms with Gasteiger partial charge in [0.05, 0.1) is 10.7 Å². The fourth-order valence-electron chi connectivity index (χ4n) is 4.22. The molecule has 0 saturated carbocycles. The van der Waals surface area contributed by atoms with Crippen molar-refractivity contribution in [1.82, 2.24) is 4.90 Å². The highest BCUT2D eigenvalue weighted by molar-refractivity contribution is 6.33. The summed E-state index contributed by atoms with van der Waals surface area (Å²) in [5, 5.41) is 3.74. The third kappa shape index (κ3) is 5.91. The molecule has 1 aliphatic heterocycles. The van der Waals surface area contributed by atoms with Gasteiger partial charge in [-0.3, -0.25) is 4.79 Å². The second-order valence-electron chi connectivity index (χ2n) is 8.35. The van der Waals surface area contributed by atoms with E-state index in [2.05, 4.69) is 17.1 Å². The number of halogens is 2. The summed E-state index contributed by atoms with van der Waals surface area (Å²) in [6.45, 7) is 6.16. The van der Waals surface area contributed by atoms with Crippen molar-refractivity contribution in [2.75, 3.05) is 30.4 Å². The highest BCUT2D eigenvalue weighted by Gasteiger charge is 2.31. The molecule has 0 aliphatic carbocycles. The molecule has 1 aliphatic rings. The Labute approximate surface area is 190 Å². The molecule has 6 heteroatoms. The second-order valence-corrected chi connectivity index (χ2v) is 8.76. The van der Waals surface area contributed by atoms with Gasteiger partial charge in [0.1, 0.15) is 5.82 Å². The molecule has 1 saturated heterocycles. The first-order valence-electron chi connectivity index (χ1n) is 11.2. The summed E-state index contributed by atoms with van der Waals surface area (Å²) in [7, 11) is 1.84. The number of rotatable bonds is 9. The van der Waals surface area contributed by atoms with Crippen LogP contribution in [0.2, 0.25) is 5.02 Å². The summed E-state index contributed by atoms with van der Waals surface area (Å²) in [6.07, 6.45) is 4.65. The Balaban J connectivity index is 1.83. The third-order valence-corrected chi connectivity index (χ3v) is 6.47. The van der Waals surface area contributed by atoms with Crippen LogP contribution in [0, 0.1) is 12.7 Å². The molecule has 0 bridgehead atoms. The average Bonchev–Trinajstić information content (AvgIpc) is 3.24. The zero-order valence-electron chi connectivity index (χ0n) is 18.8. The molecular weight excluding hydrogens is 413 g/mol. The summed E-state index contributed by atoms with van der Waals surface area (Å²) >= 11 is 6.48. The first-order chi connectivity index (χ1) is 14.9. The monoisotopic (exact) mass is 445 g/mol. The Morgan fingerprint density at radius 1 is 1.26 bits per heavy atom. The quantitative estimate of drug-likeness (QED) is 0.479. The lowest BCUT2D eigenvalue weighted by atomic mass is 10.1. The first kappa shape index (κ1) is 23.4. The Bertz CT molecular complexity index is 904. The minimum Gasteiger partial charge on any atom is -0.387 e. The van der Waals surface area contributed by atoms with Crippen molar-refractivity contribution in [3.8, 4) is 0 Å². The van der Waals surface area contributed by atoms with Crippen LogP contribution in [0.1, 0.15) is 50.2 Å². The van der Waals surface area contributed by atoms with E-state index in [-0.39, 0.29) is 17.8 Å². The zero-order valence-corrected chi connectivity index (χ0v) is 19.5. The van der Waals surface area contributed by atoms with Gasteiger partial charge in [-0.05, 0) is 61.2 Å². The van der Waals surface area contributed by atoms with E-state index in [9.17, 15) is 9.18 Å². The number of nitrogens with zero attached hydrogens (tertiary/aromatic N) is 2. The maximum Gasteiger partial charge on any atom is 0.222 e. The fourth-order valence-corrected chi connectivity index (χ4v) is 4.49. The molecule has 2 aromatic carbocycles. The van der Waals surface area contributed by atoms with Gasteiger partial charge in [-0.25, -0.2) is 4.39 Å². The van der Waals surface area contributed by atoms with Crippen LogP contribution in [-0.2, 0) is 11.3 Å². The number of carbonyl (C=O) groups is 1. The predicted octanol–water partition coefficient (Wildman–Crippen LogP) is 6.02. The standard InChI is InChI=1S/C25H33ClFN3O/c1-4-5-6-7-25(31)29-13-12-22(17-29)30(16-19-14-20(27)9-8-18(19)2)21-10-11-24(28-3)23(26)15-21/h8-11,14-15,22,28H,4-7,12-13,16-17H2,1-3H3/t22-/m0/s1. The highest BCUT2D eigenvalue weighted by Crippen LogP contribution is 2.32. The van der Waals surface area contributed by atoms with E-state index >= 15 is 0 Å². The molecule has 1 N–H and O–H groups in total. The van der Waals surface area contributed by atoms with Gasteiger partial charge in [0.25, 0.3) is 0 Å². The Kier molecular flexibility index (Phi) is 8.19. The number of hydrogen-bond acceptors (Lipinski definition) is 3. The number of carbonyl (C=O) groups excluding carboxylic acids is 1. The fraction of sp³-hybridized carbons (Fsp3) is 0.480. The third-order valence-electron chi connectivity index (χ3n) is 6.16. The number of unbranched alkanes of at least 4 members (excludes halogenated alkanes) is 2. The van der Waals surface area contributed by atoms with Crippen LogP contribution in [0.25, 0.3) is 0 Å². The number of anilines is 2. The van der Waals surface area contributed by atoms with Crippen molar-refractivity contribution in [2.45, 2.75) is 58.5 Å². The molecule has 1 heterocycles. The first-order valence-corrected chi connectivity index (χ1v) is 11.6. The van der Waals surface area contributed by atoms with Crippen molar-refractivity contribution in [1.29, 1.82) is 0 Å².